The summed E-state index contributed by atoms with van der Waals surface area (Å²) in [6, 6.07) is 8.12. The maximum Gasteiger partial charge on any atom is 0.253 e. The fourth-order valence-electron chi connectivity index (χ4n) is 2.63. The Labute approximate surface area is 164 Å². The number of halogens is 1. The van der Waals surface area contributed by atoms with Crippen LogP contribution in [0.15, 0.2) is 40.6 Å². The monoisotopic (exact) mass is 414 g/mol. The van der Waals surface area contributed by atoms with Gasteiger partial charge in [0.15, 0.2) is 0 Å². The zero-order chi connectivity index (χ0) is 19.3. The smallest absolute Gasteiger partial charge is 0.253 e. The van der Waals surface area contributed by atoms with Crippen LogP contribution in [0.3, 0.4) is 0 Å². The number of carbonyl (C=O) groups is 1. The van der Waals surface area contributed by atoms with E-state index in [2.05, 4.69) is 5.32 Å². The molecule has 1 N–H and O–H groups in total. The summed E-state index contributed by atoms with van der Waals surface area (Å²) in [6.45, 7) is 6.18. The lowest BCUT2D eigenvalue weighted by Crippen LogP contribution is -2.34. The van der Waals surface area contributed by atoms with Crippen LogP contribution >= 0.6 is 22.9 Å². The van der Waals surface area contributed by atoms with Gasteiger partial charge in [0.25, 0.3) is 5.91 Å². The van der Waals surface area contributed by atoms with Gasteiger partial charge in [0, 0.05) is 30.4 Å². The molecule has 5 nitrogen and oxygen atoms in total. The van der Waals surface area contributed by atoms with E-state index < -0.39 is 10.0 Å². The highest BCUT2D eigenvalue weighted by atomic mass is 35.5. The molecule has 1 heterocycles. The van der Waals surface area contributed by atoms with Gasteiger partial charge in [-0.05, 0) is 36.6 Å². The molecule has 0 bridgehead atoms. The molecule has 0 radical (unpaired) electrons. The molecule has 0 fully saturated rings. The molecule has 2 rings (SSSR count). The topological polar surface area (TPSA) is 66.5 Å². The normalized spacial score (nSPS) is 13.0. The lowest BCUT2D eigenvalue weighted by Gasteiger charge is -2.19. The number of sulfonamides is 1. The van der Waals surface area contributed by atoms with Crippen molar-refractivity contribution >= 4 is 38.9 Å². The average Bonchev–Trinajstić information content (AvgIpc) is 3.08. The molecule has 0 saturated heterocycles. The summed E-state index contributed by atoms with van der Waals surface area (Å²) < 4.78 is 26.7. The summed E-state index contributed by atoms with van der Waals surface area (Å²) in [7, 11) is -3.65. The van der Waals surface area contributed by atoms with E-state index in [1.165, 1.54) is 27.4 Å². The first kappa shape index (κ1) is 20.9. The molecule has 1 aromatic heterocycles. The summed E-state index contributed by atoms with van der Waals surface area (Å²) in [4.78, 5) is 13.8. The Bertz CT molecular complexity index is 847. The zero-order valence-corrected chi connectivity index (χ0v) is 17.4. The van der Waals surface area contributed by atoms with Gasteiger partial charge < -0.3 is 5.32 Å². The van der Waals surface area contributed by atoms with Crippen molar-refractivity contribution in [3.8, 4) is 0 Å². The molecule has 142 valence electrons. The van der Waals surface area contributed by atoms with Crippen LogP contribution in [0, 0.1) is 0 Å². The quantitative estimate of drug-likeness (QED) is 0.714. The first-order valence-electron chi connectivity index (χ1n) is 8.42. The number of hydrogen-bond donors (Lipinski definition) is 1. The van der Waals surface area contributed by atoms with Gasteiger partial charge in [-0.2, -0.15) is 4.31 Å². The maximum absolute atomic E-state index is 12.7. The minimum absolute atomic E-state index is 0.0710. The summed E-state index contributed by atoms with van der Waals surface area (Å²) in [5.74, 6) is -0.379. The molecule has 0 aliphatic rings. The lowest BCUT2D eigenvalue weighted by molar-refractivity contribution is 0.0940. The molecular formula is C18H23ClN2O3S2. The van der Waals surface area contributed by atoms with E-state index in [-0.39, 0.29) is 27.4 Å². The molecule has 1 atom stereocenters. The highest BCUT2D eigenvalue weighted by Gasteiger charge is 2.24. The van der Waals surface area contributed by atoms with Crippen molar-refractivity contribution < 1.29 is 13.2 Å². The highest BCUT2D eigenvalue weighted by Crippen LogP contribution is 2.23. The van der Waals surface area contributed by atoms with Crippen molar-refractivity contribution in [2.75, 3.05) is 13.1 Å². The molecule has 1 unspecified atom stereocenters. The SMILES string of the molecule is CCN(CC)S(=O)(=O)c1ccc(Cl)c(C(=O)NC(C)Cc2cccs2)c1. The third-order valence-corrected chi connectivity index (χ3v) is 7.26. The molecule has 0 spiro atoms. The second kappa shape index (κ2) is 8.99. The third-order valence-electron chi connectivity index (χ3n) is 3.99. The Kier molecular flexibility index (Phi) is 7.23. The molecule has 8 heteroatoms. The van der Waals surface area contributed by atoms with Gasteiger partial charge in [-0.1, -0.05) is 31.5 Å². The van der Waals surface area contributed by atoms with Crippen LogP contribution in [0.5, 0.6) is 0 Å². The van der Waals surface area contributed by atoms with E-state index in [9.17, 15) is 13.2 Å². The van der Waals surface area contributed by atoms with Gasteiger partial charge in [-0.25, -0.2) is 8.42 Å². The number of carbonyl (C=O) groups excluding carboxylic acids is 1. The third kappa shape index (κ3) is 4.85. The summed E-state index contributed by atoms with van der Waals surface area (Å²) >= 11 is 7.78. The number of amides is 1. The van der Waals surface area contributed by atoms with Gasteiger partial charge in [-0.3, -0.25) is 4.79 Å². The minimum atomic E-state index is -3.65. The van der Waals surface area contributed by atoms with E-state index >= 15 is 0 Å². The Morgan fingerprint density at radius 1 is 1.27 bits per heavy atom. The fourth-order valence-corrected chi connectivity index (χ4v) is 5.16. The molecule has 0 aliphatic heterocycles. The number of nitrogens with one attached hydrogen (secondary N) is 1. The fraction of sp³-hybridized carbons (Fsp3) is 0.389. The van der Waals surface area contributed by atoms with Crippen molar-refractivity contribution in [3.05, 3.63) is 51.2 Å². The van der Waals surface area contributed by atoms with Crippen LogP contribution in [0.4, 0.5) is 0 Å². The minimum Gasteiger partial charge on any atom is -0.349 e. The molecule has 0 saturated carbocycles. The van der Waals surface area contributed by atoms with Crippen molar-refractivity contribution in [3.63, 3.8) is 0 Å². The first-order chi connectivity index (χ1) is 12.3. The van der Waals surface area contributed by atoms with Gasteiger partial charge in [-0.15, -0.1) is 11.3 Å². The van der Waals surface area contributed by atoms with E-state index in [4.69, 9.17) is 11.6 Å². The van der Waals surface area contributed by atoms with Crippen LogP contribution in [0.2, 0.25) is 5.02 Å². The van der Waals surface area contributed by atoms with E-state index in [1.807, 2.05) is 24.4 Å². The number of hydrogen-bond acceptors (Lipinski definition) is 4. The second-order valence-corrected chi connectivity index (χ2v) is 9.27. The van der Waals surface area contributed by atoms with Gasteiger partial charge >= 0.3 is 0 Å². The predicted octanol–water partition coefficient (Wildman–Crippen LogP) is 3.79. The van der Waals surface area contributed by atoms with E-state index in [0.717, 1.165) is 0 Å². The second-order valence-electron chi connectivity index (χ2n) is 5.89. The summed E-state index contributed by atoms with van der Waals surface area (Å²) in [5, 5.41) is 5.10. The number of thiophene rings is 1. The average molecular weight is 415 g/mol. The number of benzene rings is 1. The number of rotatable bonds is 8. The van der Waals surface area contributed by atoms with Crippen molar-refractivity contribution in [2.45, 2.75) is 38.1 Å². The van der Waals surface area contributed by atoms with Crippen LogP contribution in [-0.4, -0.2) is 37.8 Å². The standard InChI is InChI=1S/C18H23ClN2O3S2/c1-4-21(5-2)26(23,24)15-8-9-17(19)16(12-15)18(22)20-13(3)11-14-7-6-10-25-14/h6-10,12-13H,4-5,11H2,1-3H3,(H,20,22). The van der Waals surface area contributed by atoms with Crippen LogP contribution in [-0.2, 0) is 16.4 Å². The van der Waals surface area contributed by atoms with Crippen LogP contribution < -0.4 is 5.32 Å². The molecule has 1 aromatic carbocycles. The van der Waals surface area contributed by atoms with Gasteiger partial charge in [0.05, 0.1) is 15.5 Å². The molecular weight excluding hydrogens is 392 g/mol. The van der Waals surface area contributed by atoms with Crippen LogP contribution in [0.25, 0.3) is 0 Å². The van der Waals surface area contributed by atoms with Crippen molar-refractivity contribution in [1.82, 2.24) is 9.62 Å². The molecule has 26 heavy (non-hydrogen) atoms. The lowest BCUT2D eigenvalue weighted by atomic mass is 10.1. The molecule has 1 amide bonds. The van der Waals surface area contributed by atoms with Gasteiger partial charge in [0.1, 0.15) is 0 Å². The van der Waals surface area contributed by atoms with E-state index in [1.54, 1.807) is 25.2 Å². The van der Waals surface area contributed by atoms with Crippen LogP contribution in [0.1, 0.15) is 36.0 Å². The Morgan fingerprint density at radius 2 is 1.96 bits per heavy atom. The maximum atomic E-state index is 12.7. The van der Waals surface area contributed by atoms with Gasteiger partial charge in [0.2, 0.25) is 10.0 Å². The Morgan fingerprint density at radius 3 is 2.54 bits per heavy atom. The van der Waals surface area contributed by atoms with E-state index in [0.29, 0.717) is 19.5 Å². The first-order valence-corrected chi connectivity index (χ1v) is 11.1. The predicted molar refractivity (Wildman–Crippen MR) is 107 cm³/mol. The van der Waals surface area contributed by atoms with Crippen molar-refractivity contribution in [1.29, 1.82) is 0 Å². The summed E-state index contributed by atoms with van der Waals surface area (Å²) in [6.07, 6.45) is 0.707. The highest BCUT2D eigenvalue weighted by molar-refractivity contribution is 7.89. The molecule has 2 aromatic rings. The number of nitrogens with zero attached hydrogens (tertiary/aromatic N) is 1. The van der Waals surface area contributed by atoms with Crippen molar-refractivity contribution in [2.24, 2.45) is 0 Å². The summed E-state index contributed by atoms with van der Waals surface area (Å²) in [5.41, 5.74) is 0.165. The largest absolute Gasteiger partial charge is 0.349 e. The molecule has 0 aliphatic carbocycles. The Balaban J connectivity index is 2.22. The zero-order valence-electron chi connectivity index (χ0n) is 15.0. The Hall–Kier alpha value is -1.41.